The Morgan fingerprint density at radius 1 is 1.17 bits per heavy atom. The van der Waals surface area contributed by atoms with Crippen molar-refractivity contribution in [3.8, 4) is 5.88 Å². The Labute approximate surface area is 105 Å². The molecule has 1 aromatic heterocycles. The molecule has 0 aliphatic heterocycles. The number of aromatic hydroxyl groups is 1. The summed E-state index contributed by atoms with van der Waals surface area (Å²) in [6.45, 7) is 0. The van der Waals surface area contributed by atoms with Crippen LogP contribution in [0.1, 0.15) is 15.9 Å². The van der Waals surface area contributed by atoms with Gasteiger partial charge in [0.15, 0.2) is 0 Å². The van der Waals surface area contributed by atoms with E-state index >= 15 is 0 Å². The van der Waals surface area contributed by atoms with Crippen molar-refractivity contribution in [3.63, 3.8) is 0 Å². The van der Waals surface area contributed by atoms with Gasteiger partial charge >= 0.3 is 0 Å². The number of hydrogen-bond donors (Lipinski definition) is 2. The maximum Gasteiger partial charge on any atom is 0.256 e. The number of hydrogen-bond acceptors (Lipinski definition) is 3. The molecule has 1 aromatic carbocycles. The lowest BCUT2D eigenvalue weighted by atomic mass is 10.2. The van der Waals surface area contributed by atoms with E-state index < -0.39 is 0 Å². The van der Waals surface area contributed by atoms with Gasteiger partial charge in [-0.15, -0.1) is 0 Å². The summed E-state index contributed by atoms with van der Waals surface area (Å²) < 4.78 is 0. The normalized spacial score (nSPS) is 10.4. The largest absolute Gasteiger partial charge is 0.493 e. The Balaban J connectivity index is 1.96. The lowest BCUT2D eigenvalue weighted by Crippen LogP contribution is -2.16. The van der Waals surface area contributed by atoms with Crippen LogP contribution in [0.3, 0.4) is 0 Å². The number of nitrogens with one attached hydrogen (secondary N) is 1. The molecule has 18 heavy (non-hydrogen) atoms. The van der Waals surface area contributed by atoms with Crippen LogP contribution in [0.15, 0.2) is 54.9 Å². The highest BCUT2D eigenvalue weighted by Crippen LogP contribution is 2.05. The van der Waals surface area contributed by atoms with E-state index in [0.717, 1.165) is 5.56 Å². The molecular formula is C14H12N2O2. The van der Waals surface area contributed by atoms with Crippen molar-refractivity contribution in [2.45, 2.75) is 0 Å². The number of aromatic nitrogens is 1. The second kappa shape index (κ2) is 5.63. The fourth-order valence-electron chi connectivity index (χ4n) is 1.38. The Kier molecular flexibility index (Phi) is 3.71. The van der Waals surface area contributed by atoms with Gasteiger partial charge in [-0.25, -0.2) is 4.98 Å². The van der Waals surface area contributed by atoms with Crippen LogP contribution in [0.25, 0.3) is 6.08 Å². The van der Waals surface area contributed by atoms with E-state index in [-0.39, 0.29) is 11.8 Å². The minimum absolute atomic E-state index is 0.105. The summed E-state index contributed by atoms with van der Waals surface area (Å²) in [6.07, 6.45) is 4.69. The predicted octanol–water partition coefficient (Wildman–Crippen LogP) is 2.19. The van der Waals surface area contributed by atoms with Gasteiger partial charge in [0.1, 0.15) is 0 Å². The average Bonchev–Trinajstić information content (AvgIpc) is 2.40. The predicted molar refractivity (Wildman–Crippen MR) is 68.8 cm³/mol. The van der Waals surface area contributed by atoms with Crippen molar-refractivity contribution in [2.24, 2.45) is 0 Å². The number of carbonyl (C=O) groups is 1. The van der Waals surface area contributed by atoms with Gasteiger partial charge in [0.2, 0.25) is 5.88 Å². The van der Waals surface area contributed by atoms with Crippen molar-refractivity contribution >= 4 is 12.0 Å². The van der Waals surface area contributed by atoms with Crippen molar-refractivity contribution in [3.05, 3.63) is 66.0 Å². The molecule has 0 fully saturated rings. The van der Waals surface area contributed by atoms with Gasteiger partial charge in [0.25, 0.3) is 5.91 Å². The minimum atomic E-state index is -0.269. The zero-order valence-electron chi connectivity index (χ0n) is 9.58. The lowest BCUT2D eigenvalue weighted by molar-refractivity contribution is 0.0970. The highest BCUT2D eigenvalue weighted by Gasteiger charge is 2.03. The number of pyridine rings is 1. The third-order valence-corrected chi connectivity index (χ3v) is 2.30. The van der Waals surface area contributed by atoms with Gasteiger partial charge in [0, 0.05) is 18.5 Å². The van der Waals surface area contributed by atoms with Crippen LogP contribution in [-0.2, 0) is 0 Å². The van der Waals surface area contributed by atoms with E-state index in [2.05, 4.69) is 10.3 Å². The van der Waals surface area contributed by atoms with Crippen LogP contribution in [0.4, 0.5) is 0 Å². The van der Waals surface area contributed by atoms with Crippen LogP contribution in [0, 0.1) is 0 Å². The summed E-state index contributed by atoms with van der Waals surface area (Å²) in [6, 6.07) is 12.5. The van der Waals surface area contributed by atoms with E-state index in [0.29, 0.717) is 5.56 Å². The van der Waals surface area contributed by atoms with Gasteiger partial charge < -0.3 is 10.4 Å². The number of benzene rings is 1. The molecule has 0 saturated carbocycles. The van der Waals surface area contributed by atoms with E-state index in [1.165, 1.54) is 18.3 Å². The first-order chi connectivity index (χ1) is 8.75. The molecule has 0 radical (unpaired) electrons. The number of carbonyl (C=O) groups excluding carboxylic acids is 1. The molecule has 90 valence electrons. The zero-order chi connectivity index (χ0) is 12.8. The second-order valence-corrected chi connectivity index (χ2v) is 3.62. The molecule has 1 amide bonds. The fraction of sp³-hybridized carbons (Fsp3) is 0. The summed E-state index contributed by atoms with van der Waals surface area (Å²) in [5.74, 6) is -0.374. The van der Waals surface area contributed by atoms with Crippen LogP contribution < -0.4 is 5.32 Å². The monoisotopic (exact) mass is 240 g/mol. The number of amides is 1. The minimum Gasteiger partial charge on any atom is -0.493 e. The Morgan fingerprint density at radius 3 is 2.61 bits per heavy atom. The van der Waals surface area contributed by atoms with Crippen LogP contribution >= 0.6 is 0 Å². The highest BCUT2D eigenvalue weighted by atomic mass is 16.3. The van der Waals surface area contributed by atoms with Crippen molar-refractivity contribution in [1.29, 1.82) is 0 Å². The molecule has 0 bridgehead atoms. The van der Waals surface area contributed by atoms with Gasteiger partial charge in [-0.1, -0.05) is 30.3 Å². The molecule has 0 spiro atoms. The smallest absolute Gasteiger partial charge is 0.256 e. The lowest BCUT2D eigenvalue weighted by Gasteiger charge is -1.99. The molecule has 2 N–H and O–H groups in total. The van der Waals surface area contributed by atoms with Gasteiger partial charge in [-0.05, 0) is 17.7 Å². The van der Waals surface area contributed by atoms with E-state index in [4.69, 9.17) is 5.11 Å². The molecule has 4 heteroatoms. The van der Waals surface area contributed by atoms with Gasteiger partial charge in [-0.2, -0.15) is 0 Å². The third-order valence-electron chi connectivity index (χ3n) is 2.30. The SMILES string of the molecule is O=C(NC=Cc1ccccc1)c1ccc(O)nc1. The maximum atomic E-state index is 11.7. The molecule has 0 saturated heterocycles. The van der Waals surface area contributed by atoms with E-state index in [1.807, 2.05) is 30.3 Å². The topological polar surface area (TPSA) is 62.2 Å². The Hall–Kier alpha value is -2.62. The average molecular weight is 240 g/mol. The van der Waals surface area contributed by atoms with Crippen LogP contribution in [-0.4, -0.2) is 16.0 Å². The first kappa shape index (κ1) is 11.9. The van der Waals surface area contributed by atoms with Gasteiger partial charge in [-0.3, -0.25) is 4.79 Å². The molecule has 0 atom stereocenters. The van der Waals surface area contributed by atoms with E-state index in [1.54, 1.807) is 12.3 Å². The third kappa shape index (κ3) is 3.18. The number of nitrogens with zero attached hydrogens (tertiary/aromatic N) is 1. The van der Waals surface area contributed by atoms with Crippen LogP contribution in [0.2, 0.25) is 0 Å². The van der Waals surface area contributed by atoms with Crippen molar-refractivity contribution in [1.82, 2.24) is 10.3 Å². The molecule has 1 heterocycles. The molecule has 2 rings (SSSR count). The standard InChI is InChI=1S/C14H12N2O2/c17-13-7-6-12(10-16-13)14(18)15-9-8-11-4-2-1-3-5-11/h1-10H,(H,15,18)(H,16,17). The second-order valence-electron chi connectivity index (χ2n) is 3.62. The molecule has 0 unspecified atom stereocenters. The summed E-state index contributed by atoms with van der Waals surface area (Å²) >= 11 is 0. The van der Waals surface area contributed by atoms with Crippen LogP contribution in [0.5, 0.6) is 5.88 Å². The molecule has 0 aliphatic rings. The molecular weight excluding hydrogens is 228 g/mol. The Morgan fingerprint density at radius 2 is 1.94 bits per heavy atom. The first-order valence-corrected chi connectivity index (χ1v) is 5.43. The maximum absolute atomic E-state index is 11.7. The Bertz CT molecular complexity index is 548. The molecule has 0 aliphatic carbocycles. The number of rotatable bonds is 3. The zero-order valence-corrected chi connectivity index (χ0v) is 9.58. The quantitative estimate of drug-likeness (QED) is 0.864. The summed E-state index contributed by atoms with van der Waals surface area (Å²) in [5, 5.41) is 11.6. The fourth-order valence-corrected chi connectivity index (χ4v) is 1.38. The summed E-state index contributed by atoms with van der Waals surface area (Å²) in [5.41, 5.74) is 1.40. The van der Waals surface area contributed by atoms with E-state index in [9.17, 15) is 4.79 Å². The van der Waals surface area contributed by atoms with Crippen molar-refractivity contribution < 1.29 is 9.90 Å². The first-order valence-electron chi connectivity index (χ1n) is 5.43. The summed E-state index contributed by atoms with van der Waals surface area (Å²) in [7, 11) is 0. The molecule has 4 nitrogen and oxygen atoms in total. The van der Waals surface area contributed by atoms with Crippen molar-refractivity contribution in [2.75, 3.05) is 0 Å². The molecule has 2 aromatic rings. The van der Waals surface area contributed by atoms with Gasteiger partial charge in [0.05, 0.1) is 5.56 Å². The highest BCUT2D eigenvalue weighted by molar-refractivity contribution is 5.94. The summed E-state index contributed by atoms with van der Waals surface area (Å²) in [4.78, 5) is 15.3.